The highest BCUT2D eigenvalue weighted by Crippen LogP contribution is 2.18. The van der Waals surface area contributed by atoms with Gasteiger partial charge in [-0.1, -0.05) is 0 Å². The lowest BCUT2D eigenvalue weighted by Crippen LogP contribution is -2.58. The summed E-state index contributed by atoms with van der Waals surface area (Å²) in [6.45, 7) is 0.537. The smallest absolute Gasteiger partial charge is 0.332 e. The molecule has 9 heteroatoms. The standard InChI is InChI=1S/C9H16N4O5/c10-7(16)11-2-3-12-8(17)13-9(6(14)15)1-4-18-5-9/h1-5H2,(H,14,15)(H3,10,11,16)(H2,12,13,17). The molecule has 0 aromatic heterocycles. The molecule has 1 aliphatic rings. The van der Waals surface area contributed by atoms with E-state index in [1.165, 1.54) is 0 Å². The molecule has 0 spiro atoms. The first-order chi connectivity index (χ1) is 8.46. The van der Waals surface area contributed by atoms with Gasteiger partial charge >= 0.3 is 18.0 Å². The van der Waals surface area contributed by atoms with Crippen molar-refractivity contribution < 1.29 is 24.2 Å². The summed E-state index contributed by atoms with van der Waals surface area (Å²) < 4.78 is 4.98. The Bertz CT molecular complexity index is 340. The van der Waals surface area contributed by atoms with Crippen molar-refractivity contribution in [3.05, 3.63) is 0 Å². The lowest BCUT2D eigenvalue weighted by molar-refractivity contribution is -0.144. The van der Waals surface area contributed by atoms with Gasteiger partial charge in [0.25, 0.3) is 0 Å². The van der Waals surface area contributed by atoms with E-state index in [0.29, 0.717) is 0 Å². The second kappa shape index (κ2) is 6.05. The summed E-state index contributed by atoms with van der Waals surface area (Å²) in [6.07, 6.45) is 0.218. The van der Waals surface area contributed by atoms with Crippen molar-refractivity contribution in [2.24, 2.45) is 5.73 Å². The molecule has 102 valence electrons. The summed E-state index contributed by atoms with van der Waals surface area (Å²) in [5.41, 5.74) is 3.46. The fraction of sp³-hybridized carbons (Fsp3) is 0.667. The molecule has 18 heavy (non-hydrogen) atoms. The molecule has 1 atom stereocenters. The number of primary amides is 1. The maximum atomic E-state index is 11.5. The fourth-order valence-electron chi connectivity index (χ4n) is 1.51. The first-order valence-electron chi connectivity index (χ1n) is 5.37. The van der Waals surface area contributed by atoms with Gasteiger partial charge in [0.05, 0.1) is 6.61 Å². The van der Waals surface area contributed by atoms with Gasteiger partial charge in [0.2, 0.25) is 0 Å². The maximum Gasteiger partial charge on any atom is 0.332 e. The average Bonchev–Trinajstić information content (AvgIpc) is 2.74. The van der Waals surface area contributed by atoms with Gasteiger partial charge in [0.15, 0.2) is 5.54 Å². The zero-order chi connectivity index (χ0) is 13.6. The van der Waals surface area contributed by atoms with Gasteiger partial charge < -0.3 is 31.5 Å². The molecule has 1 fully saturated rings. The number of rotatable bonds is 5. The van der Waals surface area contributed by atoms with E-state index >= 15 is 0 Å². The normalized spacial score (nSPS) is 22.2. The summed E-state index contributed by atoms with van der Waals surface area (Å²) in [5, 5.41) is 16.1. The molecule has 0 bridgehead atoms. The van der Waals surface area contributed by atoms with Crippen molar-refractivity contribution in [1.82, 2.24) is 16.0 Å². The monoisotopic (exact) mass is 260 g/mol. The van der Waals surface area contributed by atoms with Crippen LogP contribution in [0.25, 0.3) is 0 Å². The second-order valence-electron chi connectivity index (χ2n) is 3.86. The molecule has 1 saturated heterocycles. The predicted molar refractivity (Wildman–Crippen MR) is 59.9 cm³/mol. The van der Waals surface area contributed by atoms with E-state index in [2.05, 4.69) is 16.0 Å². The zero-order valence-electron chi connectivity index (χ0n) is 9.69. The van der Waals surface area contributed by atoms with E-state index in [1.807, 2.05) is 0 Å². The highest BCUT2D eigenvalue weighted by molar-refractivity contribution is 5.86. The van der Waals surface area contributed by atoms with Gasteiger partial charge in [-0.2, -0.15) is 0 Å². The Morgan fingerprint density at radius 2 is 1.94 bits per heavy atom. The molecule has 1 unspecified atom stereocenters. The largest absolute Gasteiger partial charge is 0.479 e. The lowest BCUT2D eigenvalue weighted by Gasteiger charge is -2.23. The molecule has 1 heterocycles. The maximum absolute atomic E-state index is 11.5. The van der Waals surface area contributed by atoms with Gasteiger partial charge in [-0.05, 0) is 0 Å². The minimum Gasteiger partial charge on any atom is -0.479 e. The fourth-order valence-corrected chi connectivity index (χ4v) is 1.51. The van der Waals surface area contributed by atoms with Crippen LogP contribution in [0.3, 0.4) is 0 Å². The minimum atomic E-state index is -1.37. The van der Waals surface area contributed by atoms with Crippen LogP contribution in [0.5, 0.6) is 0 Å². The number of carboxylic acids is 1. The average molecular weight is 260 g/mol. The number of nitrogens with two attached hydrogens (primary N) is 1. The first kappa shape index (κ1) is 14.0. The number of carbonyl (C=O) groups excluding carboxylic acids is 2. The van der Waals surface area contributed by atoms with Crippen molar-refractivity contribution in [1.29, 1.82) is 0 Å². The van der Waals surface area contributed by atoms with Crippen LogP contribution in [-0.2, 0) is 9.53 Å². The van der Waals surface area contributed by atoms with Crippen molar-refractivity contribution in [3.8, 4) is 0 Å². The van der Waals surface area contributed by atoms with Crippen LogP contribution in [0, 0.1) is 0 Å². The molecular formula is C9H16N4O5. The molecule has 1 aliphatic heterocycles. The van der Waals surface area contributed by atoms with Crippen LogP contribution >= 0.6 is 0 Å². The van der Waals surface area contributed by atoms with E-state index in [1.54, 1.807) is 0 Å². The van der Waals surface area contributed by atoms with E-state index in [9.17, 15) is 14.4 Å². The molecule has 1 rings (SSSR count). The van der Waals surface area contributed by atoms with Gasteiger partial charge in [0, 0.05) is 26.1 Å². The summed E-state index contributed by atoms with van der Waals surface area (Å²) in [7, 11) is 0. The van der Waals surface area contributed by atoms with Gasteiger partial charge in [-0.3, -0.25) is 0 Å². The molecule has 9 nitrogen and oxygen atoms in total. The van der Waals surface area contributed by atoms with Crippen LogP contribution < -0.4 is 21.7 Å². The molecule has 6 N–H and O–H groups in total. The second-order valence-corrected chi connectivity index (χ2v) is 3.86. The van der Waals surface area contributed by atoms with Crippen molar-refractivity contribution in [2.75, 3.05) is 26.3 Å². The summed E-state index contributed by atoms with van der Waals surface area (Å²) in [5.74, 6) is -1.13. The Morgan fingerprint density at radius 1 is 1.28 bits per heavy atom. The highest BCUT2D eigenvalue weighted by atomic mass is 16.5. The number of hydrogen-bond acceptors (Lipinski definition) is 4. The number of aliphatic carboxylic acids is 1. The summed E-state index contributed by atoms with van der Waals surface area (Å²) in [6, 6.07) is -1.32. The minimum absolute atomic E-state index is 0.0602. The van der Waals surface area contributed by atoms with Crippen molar-refractivity contribution in [2.45, 2.75) is 12.0 Å². The number of ether oxygens (including phenoxy) is 1. The van der Waals surface area contributed by atoms with E-state index < -0.39 is 23.6 Å². The highest BCUT2D eigenvalue weighted by Gasteiger charge is 2.43. The van der Waals surface area contributed by atoms with E-state index in [0.717, 1.165) is 0 Å². The molecule has 0 radical (unpaired) electrons. The molecular weight excluding hydrogens is 244 g/mol. The SMILES string of the molecule is NC(=O)NCCNC(=O)NC1(C(=O)O)CCOC1. The first-order valence-corrected chi connectivity index (χ1v) is 5.37. The van der Waals surface area contributed by atoms with Crippen LogP contribution in [-0.4, -0.2) is 55.0 Å². The number of carboxylic acid groups (broad SMARTS) is 1. The Balaban J connectivity index is 2.34. The van der Waals surface area contributed by atoms with E-state index in [4.69, 9.17) is 15.6 Å². The number of urea groups is 2. The van der Waals surface area contributed by atoms with Crippen LogP contribution in [0.15, 0.2) is 0 Å². The third-order valence-electron chi connectivity index (χ3n) is 2.49. The number of hydrogen-bond donors (Lipinski definition) is 5. The topological polar surface area (TPSA) is 143 Å². The summed E-state index contributed by atoms with van der Waals surface area (Å²) >= 11 is 0. The van der Waals surface area contributed by atoms with Crippen LogP contribution in [0.2, 0.25) is 0 Å². The van der Waals surface area contributed by atoms with Gasteiger partial charge in [0.1, 0.15) is 0 Å². The molecule has 0 aliphatic carbocycles. The predicted octanol–water partition coefficient (Wildman–Crippen LogP) is -1.80. The van der Waals surface area contributed by atoms with Crippen molar-refractivity contribution in [3.63, 3.8) is 0 Å². The van der Waals surface area contributed by atoms with Crippen molar-refractivity contribution >= 4 is 18.0 Å². The third-order valence-corrected chi connectivity index (χ3v) is 2.49. The zero-order valence-corrected chi connectivity index (χ0v) is 9.69. The van der Waals surface area contributed by atoms with Crippen LogP contribution in [0.1, 0.15) is 6.42 Å². The van der Waals surface area contributed by atoms with Gasteiger partial charge in [-0.15, -0.1) is 0 Å². The molecule has 4 amide bonds. The van der Waals surface area contributed by atoms with Crippen LogP contribution in [0.4, 0.5) is 9.59 Å². The third kappa shape index (κ3) is 3.77. The Kier molecular flexibility index (Phi) is 4.72. The lowest BCUT2D eigenvalue weighted by atomic mass is 9.99. The number of amides is 4. The Morgan fingerprint density at radius 3 is 2.44 bits per heavy atom. The van der Waals surface area contributed by atoms with E-state index in [-0.39, 0.29) is 32.7 Å². The summed E-state index contributed by atoms with van der Waals surface area (Å²) in [4.78, 5) is 32.9. The molecule has 0 saturated carbocycles. The Labute approximate surface area is 103 Å². The Hall–Kier alpha value is -2.03. The quantitative estimate of drug-likeness (QED) is 0.370. The number of carbonyl (C=O) groups is 3. The molecule has 0 aromatic carbocycles. The number of nitrogens with one attached hydrogen (secondary N) is 3. The van der Waals surface area contributed by atoms with Gasteiger partial charge in [-0.25, -0.2) is 14.4 Å². The molecule has 0 aromatic rings.